The van der Waals surface area contributed by atoms with E-state index in [0.717, 1.165) is 26.7 Å². The molecule has 3 aromatic rings. The van der Waals surface area contributed by atoms with Crippen LogP contribution in [0, 0.1) is 6.92 Å². The van der Waals surface area contributed by atoms with E-state index in [1.165, 1.54) is 23.1 Å². The molecule has 2 heterocycles. The van der Waals surface area contributed by atoms with Crippen LogP contribution in [0.15, 0.2) is 39.6 Å². The molecule has 1 aromatic carbocycles. The van der Waals surface area contributed by atoms with Gasteiger partial charge in [-0.15, -0.1) is 11.3 Å². The first-order chi connectivity index (χ1) is 9.63. The van der Waals surface area contributed by atoms with Crippen molar-refractivity contribution < 1.29 is 0 Å². The molecule has 0 atom stereocenters. The summed E-state index contributed by atoms with van der Waals surface area (Å²) in [5, 5.41) is 4.03. The number of thioether (sulfide) groups is 1. The number of aromatic amines is 1. The molecule has 20 heavy (non-hydrogen) atoms. The highest BCUT2D eigenvalue weighted by Crippen LogP contribution is 2.24. The third kappa shape index (κ3) is 2.75. The summed E-state index contributed by atoms with van der Waals surface area (Å²) in [5.74, 6) is 0.746. The molecule has 0 bridgehead atoms. The first-order valence-corrected chi connectivity index (χ1v) is 8.23. The Labute approximate surface area is 129 Å². The van der Waals surface area contributed by atoms with Crippen molar-refractivity contribution in [2.24, 2.45) is 0 Å². The average Bonchev–Trinajstić information content (AvgIpc) is 2.80. The monoisotopic (exact) mass is 322 g/mol. The van der Waals surface area contributed by atoms with Crippen molar-refractivity contribution in [3.63, 3.8) is 0 Å². The van der Waals surface area contributed by atoms with Crippen LogP contribution in [0.3, 0.4) is 0 Å². The van der Waals surface area contributed by atoms with Crippen LogP contribution in [0.2, 0.25) is 5.02 Å². The highest BCUT2D eigenvalue weighted by atomic mass is 35.5. The summed E-state index contributed by atoms with van der Waals surface area (Å²) in [6.07, 6.45) is 0. The number of H-pyrrole nitrogens is 1. The van der Waals surface area contributed by atoms with Crippen LogP contribution in [0.1, 0.15) is 11.1 Å². The maximum absolute atomic E-state index is 12.0. The standard InChI is InChI=1S/C14H11ClN2OS2/c1-8-6-19-13-11(8)12(18)16-14(17-13)20-7-9-2-4-10(15)5-3-9/h2-6H,7H2,1H3,(H,16,17,18). The molecule has 0 radical (unpaired) electrons. The lowest BCUT2D eigenvalue weighted by Crippen LogP contribution is -2.08. The third-order valence-electron chi connectivity index (χ3n) is 2.89. The Morgan fingerprint density at radius 3 is 2.85 bits per heavy atom. The Kier molecular flexibility index (Phi) is 3.83. The van der Waals surface area contributed by atoms with Crippen molar-refractivity contribution in [2.75, 3.05) is 0 Å². The molecule has 3 rings (SSSR count). The lowest BCUT2D eigenvalue weighted by Gasteiger charge is -2.02. The first-order valence-electron chi connectivity index (χ1n) is 5.99. The van der Waals surface area contributed by atoms with E-state index in [2.05, 4.69) is 9.97 Å². The number of hydrogen-bond acceptors (Lipinski definition) is 4. The Morgan fingerprint density at radius 2 is 2.10 bits per heavy atom. The van der Waals surface area contributed by atoms with Crippen molar-refractivity contribution in [1.82, 2.24) is 9.97 Å². The number of thiophene rings is 1. The molecular formula is C14H11ClN2OS2. The third-order valence-corrected chi connectivity index (χ3v) is 5.08. The van der Waals surface area contributed by atoms with Crippen molar-refractivity contribution in [3.05, 3.63) is 56.1 Å². The number of nitrogens with zero attached hydrogens (tertiary/aromatic N) is 1. The molecule has 0 saturated carbocycles. The molecule has 0 aliphatic carbocycles. The van der Waals surface area contributed by atoms with Crippen LogP contribution in [0.25, 0.3) is 10.2 Å². The fourth-order valence-electron chi connectivity index (χ4n) is 1.87. The van der Waals surface area contributed by atoms with E-state index in [1.807, 2.05) is 36.6 Å². The van der Waals surface area contributed by atoms with Crippen LogP contribution >= 0.6 is 34.7 Å². The van der Waals surface area contributed by atoms with Gasteiger partial charge in [0.15, 0.2) is 5.16 Å². The van der Waals surface area contributed by atoms with Crippen LogP contribution in [0.5, 0.6) is 0 Å². The maximum Gasteiger partial charge on any atom is 0.260 e. The summed E-state index contributed by atoms with van der Waals surface area (Å²) in [4.78, 5) is 20.1. The van der Waals surface area contributed by atoms with Gasteiger partial charge in [-0.05, 0) is 35.6 Å². The van der Waals surface area contributed by atoms with E-state index in [0.29, 0.717) is 10.5 Å². The second kappa shape index (κ2) is 5.60. The van der Waals surface area contributed by atoms with Crippen LogP contribution < -0.4 is 5.56 Å². The molecule has 0 aliphatic heterocycles. The quantitative estimate of drug-likeness (QED) is 0.579. The minimum absolute atomic E-state index is 0.0626. The fourth-order valence-corrected chi connectivity index (χ4v) is 3.79. The van der Waals surface area contributed by atoms with Gasteiger partial charge in [-0.2, -0.15) is 0 Å². The van der Waals surface area contributed by atoms with Crippen LogP contribution in [-0.4, -0.2) is 9.97 Å². The summed E-state index contributed by atoms with van der Waals surface area (Å²) in [5.41, 5.74) is 2.06. The van der Waals surface area contributed by atoms with Gasteiger partial charge in [0.05, 0.1) is 5.39 Å². The number of halogens is 1. The van der Waals surface area contributed by atoms with E-state index in [1.54, 1.807) is 0 Å². The minimum atomic E-state index is -0.0626. The van der Waals surface area contributed by atoms with Crippen molar-refractivity contribution in [2.45, 2.75) is 17.8 Å². The Balaban J connectivity index is 1.84. The molecular weight excluding hydrogens is 312 g/mol. The second-order valence-corrected chi connectivity index (χ2v) is 6.64. The zero-order valence-corrected chi connectivity index (χ0v) is 13.0. The van der Waals surface area contributed by atoms with Gasteiger partial charge in [0.2, 0.25) is 0 Å². The van der Waals surface area contributed by atoms with Gasteiger partial charge in [0.25, 0.3) is 5.56 Å². The van der Waals surface area contributed by atoms with Gasteiger partial charge >= 0.3 is 0 Å². The van der Waals surface area contributed by atoms with Gasteiger partial charge in [0, 0.05) is 10.8 Å². The molecule has 0 fully saturated rings. The smallest absolute Gasteiger partial charge is 0.260 e. The molecule has 0 amide bonds. The van der Waals surface area contributed by atoms with Gasteiger partial charge in [-0.25, -0.2) is 4.98 Å². The van der Waals surface area contributed by atoms with E-state index in [-0.39, 0.29) is 5.56 Å². The number of nitrogens with one attached hydrogen (secondary N) is 1. The second-order valence-electron chi connectivity index (χ2n) is 4.39. The Morgan fingerprint density at radius 1 is 1.35 bits per heavy atom. The molecule has 2 aromatic heterocycles. The van der Waals surface area contributed by atoms with E-state index < -0.39 is 0 Å². The summed E-state index contributed by atoms with van der Waals surface area (Å²) in [7, 11) is 0. The zero-order valence-electron chi connectivity index (χ0n) is 10.6. The van der Waals surface area contributed by atoms with Crippen molar-refractivity contribution >= 4 is 44.9 Å². The van der Waals surface area contributed by atoms with Crippen LogP contribution in [-0.2, 0) is 5.75 Å². The molecule has 0 unspecified atom stereocenters. The number of rotatable bonds is 3. The molecule has 3 nitrogen and oxygen atoms in total. The van der Waals surface area contributed by atoms with Gasteiger partial charge in [-0.3, -0.25) is 4.79 Å². The summed E-state index contributed by atoms with van der Waals surface area (Å²) in [6, 6.07) is 7.67. The molecule has 102 valence electrons. The highest BCUT2D eigenvalue weighted by Gasteiger charge is 2.08. The molecule has 6 heteroatoms. The van der Waals surface area contributed by atoms with Gasteiger partial charge in [0.1, 0.15) is 4.83 Å². The summed E-state index contributed by atoms with van der Waals surface area (Å²) >= 11 is 8.87. The summed E-state index contributed by atoms with van der Waals surface area (Å²) < 4.78 is 0. The summed E-state index contributed by atoms with van der Waals surface area (Å²) in [6.45, 7) is 1.93. The average molecular weight is 323 g/mol. The molecule has 0 spiro atoms. The van der Waals surface area contributed by atoms with Crippen molar-refractivity contribution in [3.8, 4) is 0 Å². The number of benzene rings is 1. The number of aryl methyl sites for hydroxylation is 1. The number of aromatic nitrogens is 2. The topological polar surface area (TPSA) is 45.8 Å². The fraction of sp³-hybridized carbons (Fsp3) is 0.143. The maximum atomic E-state index is 12.0. The predicted molar refractivity (Wildman–Crippen MR) is 86.0 cm³/mol. The van der Waals surface area contributed by atoms with E-state index >= 15 is 0 Å². The molecule has 0 saturated heterocycles. The SMILES string of the molecule is Cc1csc2nc(SCc3ccc(Cl)cc3)[nH]c(=O)c12. The van der Waals surface area contributed by atoms with Gasteiger partial charge < -0.3 is 4.98 Å². The predicted octanol–water partition coefficient (Wildman–Crippen LogP) is 4.24. The minimum Gasteiger partial charge on any atom is -0.301 e. The molecule has 0 aliphatic rings. The number of hydrogen-bond donors (Lipinski definition) is 1. The van der Waals surface area contributed by atoms with Gasteiger partial charge in [-0.1, -0.05) is 35.5 Å². The largest absolute Gasteiger partial charge is 0.301 e. The number of fused-ring (bicyclic) bond motifs is 1. The highest BCUT2D eigenvalue weighted by molar-refractivity contribution is 7.98. The Bertz CT molecular complexity index is 808. The van der Waals surface area contributed by atoms with Crippen molar-refractivity contribution in [1.29, 1.82) is 0 Å². The first kappa shape index (κ1) is 13.7. The van der Waals surface area contributed by atoms with Crippen LogP contribution in [0.4, 0.5) is 0 Å². The zero-order chi connectivity index (χ0) is 14.1. The lowest BCUT2D eigenvalue weighted by molar-refractivity contribution is 0.978. The Hall–Kier alpha value is -1.30. The van der Waals surface area contributed by atoms with E-state index in [4.69, 9.17) is 11.6 Å². The van der Waals surface area contributed by atoms with E-state index in [9.17, 15) is 4.79 Å². The lowest BCUT2D eigenvalue weighted by atomic mass is 10.2. The normalized spacial score (nSPS) is 11.1. The molecule has 1 N–H and O–H groups in total.